The van der Waals surface area contributed by atoms with Crippen molar-refractivity contribution in [1.29, 1.82) is 0 Å². The summed E-state index contributed by atoms with van der Waals surface area (Å²) in [5.74, 6) is -0.900. The molecule has 3 N–H and O–H groups in total. The fourth-order valence-electron chi connectivity index (χ4n) is 0.548. The van der Waals surface area contributed by atoms with Crippen LogP contribution in [0.3, 0.4) is 0 Å². The Balaban J connectivity index is 0. The van der Waals surface area contributed by atoms with Gasteiger partial charge < -0.3 is 10.8 Å². The van der Waals surface area contributed by atoms with Gasteiger partial charge in [0, 0.05) is 26.2 Å². The van der Waals surface area contributed by atoms with E-state index in [1.165, 1.54) is 0 Å². The van der Waals surface area contributed by atoms with Crippen molar-refractivity contribution in [3.63, 3.8) is 0 Å². The van der Waals surface area contributed by atoms with Gasteiger partial charge in [0.05, 0.1) is 0 Å². The van der Waals surface area contributed by atoms with Crippen LogP contribution in [0.2, 0.25) is 0 Å². The molecule has 0 fully saturated rings. The van der Waals surface area contributed by atoms with Crippen LogP contribution in [-0.2, 0) is 4.79 Å². The van der Waals surface area contributed by atoms with Crippen LogP contribution in [0.5, 0.6) is 0 Å². The Labute approximate surface area is 80.1 Å². The number of unbranched alkanes of at least 4 members (excludes halogenated alkanes) is 1. The minimum Gasteiger partial charge on any atom is -0.480 e. The van der Waals surface area contributed by atoms with E-state index < -0.39 is 12.0 Å². The summed E-state index contributed by atoms with van der Waals surface area (Å²) in [6.45, 7) is 2.01. The molecule has 0 saturated heterocycles. The predicted octanol–water partition coefficient (Wildman–Crippen LogP) is 0.208. The molecule has 59 valence electrons. The fourth-order valence-corrected chi connectivity index (χ4v) is 0.548. The van der Waals surface area contributed by atoms with Crippen LogP contribution in [0.1, 0.15) is 26.2 Å². The molecule has 3 radical (unpaired) electrons. The van der Waals surface area contributed by atoms with E-state index in [1.807, 2.05) is 6.92 Å². The third-order valence-corrected chi connectivity index (χ3v) is 1.19. The third-order valence-electron chi connectivity index (χ3n) is 1.19. The number of nitrogens with two attached hydrogens (primary N) is 1. The molecule has 0 saturated carbocycles. The van der Waals surface area contributed by atoms with Crippen LogP contribution >= 0.6 is 0 Å². The molecule has 0 bridgehead atoms. The van der Waals surface area contributed by atoms with Crippen molar-refractivity contribution in [3.05, 3.63) is 0 Å². The van der Waals surface area contributed by atoms with Gasteiger partial charge in [-0.1, -0.05) is 19.8 Å². The summed E-state index contributed by atoms with van der Waals surface area (Å²) >= 11 is 0. The zero-order valence-corrected chi connectivity index (χ0v) is 9.56. The van der Waals surface area contributed by atoms with Crippen LogP contribution in [0.4, 0.5) is 0 Å². The molecule has 0 aliphatic rings. The summed E-state index contributed by atoms with van der Waals surface area (Å²) in [4.78, 5) is 10.1. The minimum absolute atomic E-state index is 0. The molecule has 0 heterocycles. The second kappa shape index (κ2) is 7.42. The van der Waals surface area contributed by atoms with Crippen molar-refractivity contribution < 1.29 is 9.90 Å². The Kier molecular flexibility index (Phi) is 9.60. The van der Waals surface area contributed by atoms with E-state index in [-0.39, 0.29) is 26.2 Å². The second-order valence-electron chi connectivity index (χ2n) is 2.09. The predicted molar refractivity (Wildman–Crippen MR) is 40.9 cm³/mol. The first-order valence-corrected chi connectivity index (χ1v) is 3.17. The second-order valence-corrected chi connectivity index (χ2v) is 2.09. The van der Waals surface area contributed by atoms with Crippen molar-refractivity contribution in [3.8, 4) is 0 Å². The maximum Gasteiger partial charge on any atom is 0.320 e. The minimum atomic E-state index is -0.900. The average Bonchev–Trinajstić information content (AvgIpc) is 1.82. The van der Waals surface area contributed by atoms with Crippen LogP contribution in [0, 0.1) is 0 Å². The fraction of sp³-hybridized carbons (Fsp3) is 0.833. The molecule has 4 heteroatoms. The van der Waals surface area contributed by atoms with E-state index in [2.05, 4.69) is 0 Å². The summed E-state index contributed by atoms with van der Waals surface area (Å²) in [5, 5.41) is 8.28. The molecule has 0 aliphatic heterocycles. The molecule has 10 heavy (non-hydrogen) atoms. The van der Waals surface area contributed by atoms with Gasteiger partial charge in [-0.05, 0) is 6.42 Å². The average molecular weight is 340 g/mol. The number of carbonyl (C=O) groups is 1. The standard InChI is InChI=1S/C6H13NO2.Bi/c1-2-3-4-5(7)6(8)9;/h5H,2-4,7H2,1H3,(H,8,9);. The summed E-state index contributed by atoms with van der Waals surface area (Å²) in [5.41, 5.74) is 5.20. The molecule has 3 nitrogen and oxygen atoms in total. The molecule has 0 spiro atoms. The Morgan fingerprint density at radius 2 is 2.20 bits per heavy atom. The SMILES string of the molecule is CCCCC(N)C(=O)O.[Bi]. The van der Waals surface area contributed by atoms with Gasteiger partial charge in [0.1, 0.15) is 6.04 Å². The zero-order valence-electron chi connectivity index (χ0n) is 6.08. The number of rotatable bonds is 4. The molecule has 1 atom stereocenters. The van der Waals surface area contributed by atoms with E-state index in [0.29, 0.717) is 6.42 Å². The number of hydrogen-bond acceptors (Lipinski definition) is 2. The number of carboxylic acid groups (broad SMARTS) is 1. The Morgan fingerprint density at radius 1 is 1.70 bits per heavy atom. The summed E-state index contributed by atoms with van der Waals surface area (Å²) in [6, 6.07) is -0.662. The van der Waals surface area contributed by atoms with Gasteiger partial charge in [-0.25, -0.2) is 0 Å². The Hall–Kier alpha value is 0.313. The van der Waals surface area contributed by atoms with Gasteiger partial charge in [0.2, 0.25) is 0 Å². The van der Waals surface area contributed by atoms with E-state index in [0.717, 1.165) is 12.8 Å². The molecular formula is C6H13BiNO2. The number of carboxylic acids is 1. The smallest absolute Gasteiger partial charge is 0.320 e. The van der Waals surface area contributed by atoms with Crippen molar-refractivity contribution in [1.82, 2.24) is 0 Å². The first-order valence-electron chi connectivity index (χ1n) is 3.17. The van der Waals surface area contributed by atoms with E-state index >= 15 is 0 Å². The Bertz CT molecular complexity index is 97.7. The van der Waals surface area contributed by atoms with E-state index in [9.17, 15) is 4.79 Å². The maximum absolute atomic E-state index is 10.1. The zero-order chi connectivity index (χ0) is 7.28. The monoisotopic (exact) mass is 340 g/mol. The van der Waals surface area contributed by atoms with Crippen molar-refractivity contribution in [2.24, 2.45) is 5.73 Å². The van der Waals surface area contributed by atoms with Crippen LogP contribution < -0.4 is 5.73 Å². The van der Waals surface area contributed by atoms with Crippen molar-refractivity contribution in [2.45, 2.75) is 32.2 Å². The van der Waals surface area contributed by atoms with Crippen LogP contribution in [0.15, 0.2) is 0 Å². The van der Waals surface area contributed by atoms with Crippen molar-refractivity contribution >= 4 is 32.2 Å². The van der Waals surface area contributed by atoms with Gasteiger partial charge in [0.25, 0.3) is 0 Å². The quantitative estimate of drug-likeness (QED) is 0.719. The van der Waals surface area contributed by atoms with Gasteiger partial charge in [-0.3, -0.25) is 4.79 Å². The number of hydrogen-bond donors (Lipinski definition) is 2. The molecular weight excluding hydrogens is 327 g/mol. The van der Waals surface area contributed by atoms with Crippen LogP contribution in [-0.4, -0.2) is 43.3 Å². The molecule has 0 aromatic heterocycles. The maximum atomic E-state index is 10.1. The molecule has 0 aromatic rings. The topological polar surface area (TPSA) is 63.3 Å². The summed E-state index contributed by atoms with van der Waals surface area (Å²) in [7, 11) is 0. The first-order chi connectivity index (χ1) is 4.18. The summed E-state index contributed by atoms with van der Waals surface area (Å²) < 4.78 is 0. The van der Waals surface area contributed by atoms with Crippen molar-refractivity contribution in [2.75, 3.05) is 0 Å². The normalized spacial score (nSPS) is 11.8. The molecule has 0 aliphatic carbocycles. The first kappa shape index (κ1) is 12.9. The summed E-state index contributed by atoms with van der Waals surface area (Å²) in [6.07, 6.45) is 2.49. The van der Waals surface area contributed by atoms with Crippen LogP contribution in [0.25, 0.3) is 0 Å². The van der Waals surface area contributed by atoms with Gasteiger partial charge >= 0.3 is 5.97 Å². The molecule has 0 aromatic carbocycles. The molecule has 0 amide bonds. The van der Waals surface area contributed by atoms with E-state index in [1.54, 1.807) is 0 Å². The Morgan fingerprint density at radius 3 is 2.50 bits per heavy atom. The molecule has 1 unspecified atom stereocenters. The molecule has 0 rings (SSSR count). The van der Waals surface area contributed by atoms with Gasteiger partial charge in [-0.2, -0.15) is 0 Å². The third kappa shape index (κ3) is 6.43. The number of aliphatic carboxylic acids is 1. The largest absolute Gasteiger partial charge is 0.480 e. The van der Waals surface area contributed by atoms with Gasteiger partial charge in [0.15, 0.2) is 0 Å². The van der Waals surface area contributed by atoms with Gasteiger partial charge in [-0.15, -0.1) is 0 Å². The van der Waals surface area contributed by atoms with E-state index in [4.69, 9.17) is 10.8 Å².